The summed E-state index contributed by atoms with van der Waals surface area (Å²) in [6.45, 7) is -0.0699. The Labute approximate surface area is 126 Å². The van der Waals surface area contributed by atoms with Gasteiger partial charge >= 0.3 is 5.97 Å². The number of likely N-dealkylation sites (N-methyl/N-ethyl adjacent to an activating group) is 1. The summed E-state index contributed by atoms with van der Waals surface area (Å²) in [6.07, 6.45) is 2.06. The van der Waals surface area contributed by atoms with Crippen LogP contribution in [0.5, 0.6) is 0 Å². The van der Waals surface area contributed by atoms with Crippen LogP contribution < -0.4 is 5.32 Å². The number of nitrogens with zero attached hydrogens (tertiary/aromatic N) is 1. The van der Waals surface area contributed by atoms with E-state index in [1.807, 2.05) is 0 Å². The second kappa shape index (κ2) is 6.71. The monoisotopic (exact) mass is 310 g/mol. The number of rotatable bonds is 5. The average Bonchev–Trinajstić information content (AvgIpc) is 3.08. The molecule has 1 heterocycles. The first kappa shape index (κ1) is 15.5. The number of carbonyl (C=O) groups is 3. The Morgan fingerprint density at radius 3 is 2.81 bits per heavy atom. The van der Waals surface area contributed by atoms with Gasteiger partial charge in [-0.15, -0.1) is 11.3 Å². The van der Waals surface area contributed by atoms with Gasteiger partial charge in [0, 0.05) is 13.1 Å². The van der Waals surface area contributed by atoms with Crippen LogP contribution in [0.1, 0.15) is 28.9 Å². The number of carboxylic acids is 1. The minimum Gasteiger partial charge on any atom is -0.481 e. The lowest BCUT2D eigenvalue weighted by Crippen LogP contribution is -2.45. The van der Waals surface area contributed by atoms with Crippen molar-refractivity contribution in [2.24, 2.45) is 5.92 Å². The van der Waals surface area contributed by atoms with Crippen molar-refractivity contribution in [1.82, 2.24) is 10.2 Å². The van der Waals surface area contributed by atoms with E-state index in [1.165, 1.54) is 16.2 Å². The molecule has 2 unspecified atom stereocenters. The van der Waals surface area contributed by atoms with Crippen LogP contribution in [-0.2, 0) is 9.59 Å². The van der Waals surface area contributed by atoms with Crippen molar-refractivity contribution < 1.29 is 19.5 Å². The Morgan fingerprint density at radius 1 is 1.43 bits per heavy atom. The smallest absolute Gasteiger partial charge is 0.308 e. The zero-order chi connectivity index (χ0) is 15.4. The summed E-state index contributed by atoms with van der Waals surface area (Å²) in [5.74, 6) is -1.92. The first-order chi connectivity index (χ1) is 9.99. The van der Waals surface area contributed by atoms with E-state index in [0.29, 0.717) is 17.7 Å². The number of aliphatic carboxylic acids is 1. The summed E-state index contributed by atoms with van der Waals surface area (Å²) in [4.78, 5) is 37.0. The van der Waals surface area contributed by atoms with Crippen molar-refractivity contribution in [3.63, 3.8) is 0 Å². The Balaban J connectivity index is 1.87. The molecule has 2 rings (SSSR count). The minimum atomic E-state index is -0.874. The SMILES string of the molecule is CN(CC(=O)NC1CCCC1C(=O)O)C(=O)c1cccs1. The van der Waals surface area contributed by atoms with Crippen LogP contribution in [0.25, 0.3) is 0 Å². The molecule has 1 fully saturated rings. The fourth-order valence-corrected chi connectivity index (χ4v) is 3.27. The third-order valence-corrected chi connectivity index (χ3v) is 4.50. The van der Waals surface area contributed by atoms with Gasteiger partial charge in [0.25, 0.3) is 5.91 Å². The summed E-state index contributed by atoms with van der Waals surface area (Å²) in [5.41, 5.74) is 0. The lowest BCUT2D eigenvalue weighted by molar-refractivity contribution is -0.142. The quantitative estimate of drug-likeness (QED) is 0.855. The lowest BCUT2D eigenvalue weighted by atomic mass is 10.0. The molecular weight excluding hydrogens is 292 g/mol. The van der Waals surface area contributed by atoms with Crippen LogP contribution in [0.4, 0.5) is 0 Å². The molecule has 0 aromatic carbocycles. The summed E-state index contributed by atoms with van der Waals surface area (Å²) >= 11 is 1.32. The van der Waals surface area contributed by atoms with Gasteiger partial charge in [0.05, 0.1) is 17.3 Å². The third-order valence-electron chi connectivity index (χ3n) is 3.64. The summed E-state index contributed by atoms with van der Waals surface area (Å²) in [5, 5.41) is 13.6. The number of carbonyl (C=O) groups excluding carboxylic acids is 2. The average molecular weight is 310 g/mol. The zero-order valence-electron chi connectivity index (χ0n) is 11.7. The number of hydrogen-bond donors (Lipinski definition) is 2. The van der Waals surface area contributed by atoms with Gasteiger partial charge in [0.1, 0.15) is 0 Å². The molecule has 6 nitrogen and oxygen atoms in total. The second-order valence-electron chi connectivity index (χ2n) is 5.19. The van der Waals surface area contributed by atoms with Crippen LogP contribution in [0, 0.1) is 5.92 Å². The third kappa shape index (κ3) is 3.81. The summed E-state index contributed by atoms with van der Waals surface area (Å²) in [6, 6.07) is 3.15. The van der Waals surface area contributed by atoms with E-state index in [1.54, 1.807) is 24.6 Å². The predicted octanol–water partition coefficient (Wildman–Crippen LogP) is 1.19. The minimum absolute atomic E-state index is 0.0699. The van der Waals surface area contributed by atoms with Crippen molar-refractivity contribution in [3.8, 4) is 0 Å². The van der Waals surface area contributed by atoms with Crippen molar-refractivity contribution in [2.45, 2.75) is 25.3 Å². The van der Waals surface area contributed by atoms with Gasteiger partial charge in [-0.2, -0.15) is 0 Å². The van der Waals surface area contributed by atoms with E-state index in [-0.39, 0.29) is 24.4 Å². The van der Waals surface area contributed by atoms with E-state index in [2.05, 4.69) is 5.32 Å². The standard InChI is InChI=1S/C14H18N2O4S/c1-16(13(18)11-6-3-7-21-11)8-12(17)15-10-5-2-4-9(10)14(19)20/h3,6-7,9-10H,2,4-5,8H2,1H3,(H,15,17)(H,19,20). The molecule has 2 N–H and O–H groups in total. The van der Waals surface area contributed by atoms with Crippen LogP contribution in [0.2, 0.25) is 0 Å². The van der Waals surface area contributed by atoms with E-state index in [0.717, 1.165) is 6.42 Å². The predicted molar refractivity (Wildman–Crippen MR) is 78.2 cm³/mol. The molecule has 0 spiro atoms. The second-order valence-corrected chi connectivity index (χ2v) is 6.14. The fourth-order valence-electron chi connectivity index (χ4n) is 2.56. The Morgan fingerprint density at radius 2 is 2.19 bits per heavy atom. The largest absolute Gasteiger partial charge is 0.481 e. The molecule has 0 radical (unpaired) electrons. The lowest BCUT2D eigenvalue weighted by Gasteiger charge is -2.20. The zero-order valence-corrected chi connectivity index (χ0v) is 12.6. The molecule has 1 aliphatic carbocycles. The highest BCUT2D eigenvalue weighted by molar-refractivity contribution is 7.12. The molecule has 0 aliphatic heterocycles. The maximum Gasteiger partial charge on any atom is 0.308 e. The van der Waals surface area contributed by atoms with Crippen molar-refractivity contribution in [1.29, 1.82) is 0 Å². The molecule has 1 saturated carbocycles. The molecular formula is C14H18N2O4S. The van der Waals surface area contributed by atoms with Gasteiger partial charge in [-0.05, 0) is 24.3 Å². The van der Waals surface area contributed by atoms with E-state index in [9.17, 15) is 14.4 Å². The maximum atomic E-state index is 12.0. The Kier molecular flexibility index (Phi) is 4.95. The molecule has 7 heteroatoms. The number of hydrogen-bond acceptors (Lipinski definition) is 4. The first-order valence-electron chi connectivity index (χ1n) is 6.80. The van der Waals surface area contributed by atoms with Crippen molar-refractivity contribution >= 4 is 29.1 Å². The molecule has 2 amide bonds. The normalized spacial score (nSPS) is 21.0. The van der Waals surface area contributed by atoms with E-state index in [4.69, 9.17) is 5.11 Å². The van der Waals surface area contributed by atoms with E-state index < -0.39 is 11.9 Å². The highest BCUT2D eigenvalue weighted by Gasteiger charge is 2.34. The van der Waals surface area contributed by atoms with Gasteiger partial charge in [-0.3, -0.25) is 14.4 Å². The van der Waals surface area contributed by atoms with Crippen molar-refractivity contribution in [2.75, 3.05) is 13.6 Å². The molecule has 1 aromatic rings. The van der Waals surface area contributed by atoms with Gasteiger partial charge < -0.3 is 15.3 Å². The van der Waals surface area contributed by atoms with Gasteiger partial charge in [0.2, 0.25) is 5.91 Å². The number of carboxylic acid groups (broad SMARTS) is 1. The number of amides is 2. The molecule has 2 atom stereocenters. The number of nitrogens with one attached hydrogen (secondary N) is 1. The summed E-state index contributed by atoms with van der Waals surface area (Å²) < 4.78 is 0. The van der Waals surface area contributed by atoms with Gasteiger partial charge in [-0.25, -0.2) is 0 Å². The van der Waals surface area contributed by atoms with Crippen LogP contribution in [0.3, 0.4) is 0 Å². The molecule has 0 saturated heterocycles. The topological polar surface area (TPSA) is 86.7 Å². The molecule has 21 heavy (non-hydrogen) atoms. The fraction of sp³-hybridized carbons (Fsp3) is 0.500. The maximum absolute atomic E-state index is 12.0. The Hall–Kier alpha value is -1.89. The van der Waals surface area contributed by atoms with Crippen LogP contribution >= 0.6 is 11.3 Å². The first-order valence-corrected chi connectivity index (χ1v) is 7.68. The van der Waals surface area contributed by atoms with Gasteiger partial charge in [-0.1, -0.05) is 12.5 Å². The van der Waals surface area contributed by atoms with Crippen molar-refractivity contribution in [3.05, 3.63) is 22.4 Å². The van der Waals surface area contributed by atoms with Crippen LogP contribution in [0.15, 0.2) is 17.5 Å². The van der Waals surface area contributed by atoms with E-state index >= 15 is 0 Å². The molecule has 1 aliphatic rings. The van der Waals surface area contributed by atoms with Gasteiger partial charge in [0.15, 0.2) is 0 Å². The molecule has 114 valence electrons. The molecule has 0 bridgehead atoms. The Bertz CT molecular complexity index is 529. The number of thiophene rings is 1. The highest BCUT2D eigenvalue weighted by atomic mass is 32.1. The highest BCUT2D eigenvalue weighted by Crippen LogP contribution is 2.25. The van der Waals surface area contributed by atoms with Crippen LogP contribution in [-0.4, -0.2) is 47.4 Å². The molecule has 1 aromatic heterocycles. The summed E-state index contributed by atoms with van der Waals surface area (Å²) in [7, 11) is 1.56.